The first-order chi connectivity index (χ1) is 16.6. The van der Waals surface area contributed by atoms with Gasteiger partial charge in [0.1, 0.15) is 6.04 Å². The van der Waals surface area contributed by atoms with E-state index in [9.17, 15) is 4.79 Å². The van der Waals surface area contributed by atoms with Crippen LogP contribution in [0.2, 0.25) is 0 Å². The molecule has 172 valence electrons. The lowest BCUT2D eigenvalue weighted by Gasteiger charge is -2.31. The first kappa shape index (κ1) is 23.5. The average molecular weight is 449 g/mol. The van der Waals surface area contributed by atoms with Gasteiger partial charge < -0.3 is 5.32 Å². The average Bonchev–Trinajstić information content (AvgIpc) is 2.86. The molecule has 4 rings (SSSR count). The molecular formula is C31H32N2O. The molecule has 0 saturated carbocycles. The van der Waals surface area contributed by atoms with Crippen LogP contribution in [0.5, 0.6) is 0 Å². The molecule has 0 aliphatic heterocycles. The Morgan fingerprint density at radius 2 is 1.12 bits per heavy atom. The summed E-state index contributed by atoms with van der Waals surface area (Å²) in [5.74, 6) is 0.421. The van der Waals surface area contributed by atoms with Crippen LogP contribution in [-0.4, -0.2) is 10.8 Å². The van der Waals surface area contributed by atoms with E-state index < -0.39 is 6.04 Å². The fourth-order valence-electron chi connectivity index (χ4n) is 4.20. The smallest absolute Gasteiger partial charge is 0.246 e. The van der Waals surface area contributed by atoms with Gasteiger partial charge in [0, 0.05) is 18.8 Å². The monoisotopic (exact) mass is 448 g/mol. The van der Waals surface area contributed by atoms with Gasteiger partial charge in [-0.25, -0.2) is 0 Å². The van der Waals surface area contributed by atoms with Crippen molar-refractivity contribution in [2.75, 3.05) is 5.32 Å². The lowest BCUT2D eigenvalue weighted by Crippen LogP contribution is -2.36. The number of carbonyl (C=O) groups is 1. The Balaban J connectivity index is 1.67. The molecule has 3 nitrogen and oxygen atoms in total. The molecule has 0 aliphatic carbocycles. The van der Waals surface area contributed by atoms with Crippen molar-refractivity contribution < 1.29 is 4.79 Å². The van der Waals surface area contributed by atoms with Gasteiger partial charge >= 0.3 is 0 Å². The quantitative estimate of drug-likeness (QED) is 0.294. The predicted octanol–water partition coefficient (Wildman–Crippen LogP) is 7.19. The molecule has 0 fully saturated rings. The van der Waals surface area contributed by atoms with Crippen LogP contribution >= 0.6 is 0 Å². The molecule has 3 heteroatoms. The zero-order valence-electron chi connectivity index (χ0n) is 19.9. The Bertz CT molecular complexity index is 1110. The standard InChI is InChI=1S/C31H32N2O/c1-24(2)27-18-20-29(21-19-27)32-31(34)30(28-16-10-5-11-17-28)33(22-25-12-6-3-7-13-25)23-26-14-8-4-9-15-26/h3-21,24,30H,22-23H2,1-2H3,(H,32,34)/t30-/m0/s1. The number of nitrogens with zero attached hydrogens (tertiary/aromatic N) is 1. The van der Waals surface area contributed by atoms with Crippen LogP contribution in [0.4, 0.5) is 5.69 Å². The third kappa shape index (κ3) is 6.21. The minimum absolute atomic E-state index is 0.0321. The summed E-state index contributed by atoms with van der Waals surface area (Å²) in [4.78, 5) is 16.0. The maximum absolute atomic E-state index is 13.8. The molecule has 0 bridgehead atoms. The molecule has 0 saturated heterocycles. The van der Waals surface area contributed by atoms with Crippen LogP contribution in [0.25, 0.3) is 0 Å². The minimum atomic E-state index is -0.439. The van der Waals surface area contributed by atoms with Gasteiger partial charge in [-0.3, -0.25) is 9.69 Å². The summed E-state index contributed by atoms with van der Waals surface area (Å²) < 4.78 is 0. The van der Waals surface area contributed by atoms with Crippen LogP contribution in [0, 0.1) is 0 Å². The highest BCUT2D eigenvalue weighted by Crippen LogP contribution is 2.27. The molecule has 34 heavy (non-hydrogen) atoms. The number of benzene rings is 4. The van der Waals surface area contributed by atoms with Crippen molar-refractivity contribution in [3.63, 3.8) is 0 Å². The van der Waals surface area contributed by atoms with E-state index in [1.54, 1.807) is 0 Å². The second-order valence-electron chi connectivity index (χ2n) is 8.96. The summed E-state index contributed by atoms with van der Waals surface area (Å²) in [7, 11) is 0. The van der Waals surface area contributed by atoms with E-state index in [0.29, 0.717) is 19.0 Å². The summed E-state index contributed by atoms with van der Waals surface area (Å²) in [6.45, 7) is 5.66. The maximum atomic E-state index is 13.8. The zero-order valence-corrected chi connectivity index (χ0v) is 19.9. The maximum Gasteiger partial charge on any atom is 0.246 e. The Hall–Kier alpha value is -3.69. The highest BCUT2D eigenvalue weighted by molar-refractivity contribution is 5.95. The lowest BCUT2D eigenvalue weighted by atomic mass is 10.0. The highest BCUT2D eigenvalue weighted by Gasteiger charge is 2.28. The van der Waals surface area contributed by atoms with Gasteiger partial charge in [-0.2, -0.15) is 0 Å². The summed E-state index contributed by atoms with van der Waals surface area (Å²) in [6.07, 6.45) is 0. The predicted molar refractivity (Wildman–Crippen MR) is 140 cm³/mol. The van der Waals surface area contributed by atoms with Gasteiger partial charge in [-0.05, 0) is 40.3 Å². The summed E-state index contributed by atoms with van der Waals surface area (Å²) in [5.41, 5.74) is 5.40. The van der Waals surface area contributed by atoms with Crippen molar-refractivity contribution in [1.29, 1.82) is 0 Å². The van der Waals surface area contributed by atoms with E-state index in [0.717, 1.165) is 11.3 Å². The van der Waals surface area contributed by atoms with E-state index in [1.807, 2.05) is 78.9 Å². The molecule has 0 radical (unpaired) electrons. The van der Waals surface area contributed by atoms with Crippen LogP contribution < -0.4 is 5.32 Å². The van der Waals surface area contributed by atoms with Gasteiger partial charge in [0.2, 0.25) is 5.91 Å². The SMILES string of the molecule is CC(C)c1ccc(NC(=O)[C@H](c2ccccc2)N(Cc2ccccc2)Cc2ccccc2)cc1. The van der Waals surface area contributed by atoms with Crippen molar-refractivity contribution in [2.45, 2.75) is 38.9 Å². The molecule has 1 atom stereocenters. The number of nitrogens with one attached hydrogen (secondary N) is 1. The highest BCUT2D eigenvalue weighted by atomic mass is 16.2. The van der Waals surface area contributed by atoms with Gasteiger partial charge in [-0.1, -0.05) is 117 Å². The number of hydrogen-bond acceptors (Lipinski definition) is 2. The Morgan fingerprint density at radius 1 is 0.647 bits per heavy atom. The molecule has 4 aromatic rings. The second-order valence-corrected chi connectivity index (χ2v) is 8.96. The van der Waals surface area contributed by atoms with Crippen molar-refractivity contribution in [1.82, 2.24) is 4.90 Å². The first-order valence-corrected chi connectivity index (χ1v) is 11.9. The van der Waals surface area contributed by atoms with Gasteiger partial charge in [0.05, 0.1) is 0 Å². The van der Waals surface area contributed by atoms with Gasteiger partial charge in [0.25, 0.3) is 0 Å². The van der Waals surface area contributed by atoms with Crippen LogP contribution in [0.3, 0.4) is 0 Å². The van der Waals surface area contributed by atoms with Crippen LogP contribution in [-0.2, 0) is 17.9 Å². The fourth-order valence-corrected chi connectivity index (χ4v) is 4.20. The van der Waals surface area contributed by atoms with Gasteiger partial charge in [-0.15, -0.1) is 0 Å². The van der Waals surface area contributed by atoms with E-state index in [2.05, 4.69) is 60.5 Å². The molecular weight excluding hydrogens is 416 g/mol. The first-order valence-electron chi connectivity index (χ1n) is 11.9. The summed E-state index contributed by atoms with van der Waals surface area (Å²) in [6, 6.07) is 38.5. The van der Waals surface area contributed by atoms with E-state index in [1.165, 1.54) is 16.7 Å². The second kappa shape index (κ2) is 11.4. The Labute approximate surface area is 203 Å². The molecule has 0 aromatic heterocycles. The number of anilines is 1. The molecule has 0 heterocycles. The molecule has 0 aliphatic rings. The minimum Gasteiger partial charge on any atom is -0.324 e. The third-order valence-corrected chi connectivity index (χ3v) is 6.03. The zero-order chi connectivity index (χ0) is 23.8. The van der Waals surface area contributed by atoms with Crippen molar-refractivity contribution >= 4 is 11.6 Å². The van der Waals surface area contributed by atoms with Crippen LogP contribution in [0.15, 0.2) is 115 Å². The number of amides is 1. The molecule has 4 aromatic carbocycles. The van der Waals surface area contributed by atoms with Crippen molar-refractivity contribution in [3.8, 4) is 0 Å². The molecule has 1 N–H and O–H groups in total. The summed E-state index contributed by atoms with van der Waals surface area (Å²) >= 11 is 0. The summed E-state index contributed by atoms with van der Waals surface area (Å²) in [5, 5.41) is 3.18. The molecule has 1 amide bonds. The Morgan fingerprint density at radius 3 is 1.59 bits per heavy atom. The van der Waals surface area contributed by atoms with Crippen molar-refractivity contribution in [2.24, 2.45) is 0 Å². The normalized spacial score (nSPS) is 12.0. The number of rotatable bonds is 9. The fraction of sp³-hybridized carbons (Fsp3) is 0.194. The van der Waals surface area contributed by atoms with E-state index >= 15 is 0 Å². The molecule has 0 spiro atoms. The Kier molecular flexibility index (Phi) is 7.90. The van der Waals surface area contributed by atoms with E-state index in [-0.39, 0.29) is 5.91 Å². The largest absolute Gasteiger partial charge is 0.324 e. The topological polar surface area (TPSA) is 32.3 Å². The molecule has 0 unspecified atom stereocenters. The number of hydrogen-bond donors (Lipinski definition) is 1. The lowest BCUT2D eigenvalue weighted by molar-refractivity contribution is -0.122. The van der Waals surface area contributed by atoms with E-state index in [4.69, 9.17) is 0 Å². The number of carbonyl (C=O) groups excluding carboxylic acids is 1. The van der Waals surface area contributed by atoms with Crippen LogP contribution in [0.1, 0.15) is 48.1 Å². The third-order valence-electron chi connectivity index (χ3n) is 6.03. The van der Waals surface area contributed by atoms with Gasteiger partial charge in [0.15, 0.2) is 0 Å². The van der Waals surface area contributed by atoms with Crippen molar-refractivity contribution in [3.05, 3.63) is 138 Å².